The number of nitrogens with one attached hydrogen (secondary N) is 1. The average molecular weight is 443 g/mol. The van der Waals surface area contributed by atoms with Gasteiger partial charge in [-0.1, -0.05) is 0 Å². The highest BCUT2D eigenvalue weighted by molar-refractivity contribution is 5.91. The van der Waals surface area contributed by atoms with E-state index in [9.17, 15) is 4.79 Å². The van der Waals surface area contributed by atoms with Crippen molar-refractivity contribution in [2.75, 3.05) is 5.73 Å². The smallest absolute Gasteiger partial charge is 0.291 e. The molecule has 5 rings (SSSR count). The first-order valence-corrected chi connectivity index (χ1v) is 10.6. The molecule has 4 aromatic heterocycles. The van der Waals surface area contributed by atoms with Gasteiger partial charge < -0.3 is 10.6 Å². The first kappa shape index (κ1) is 20.5. The largest absolute Gasteiger partial charge is 0.384 e. The molecule has 2 atom stereocenters. The van der Waals surface area contributed by atoms with Gasteiger partial charge in [-0.05, 0) is 32.6 Å². The summed E-state index contributed by atoms with van der Waals surface area (Å²) in [5.74, 6) is 0.680. The Morgan fingerprint density at radius 3 is 2.82 bits per heavy atom. The number of H-pyrrole nitrogens is 1. The summed E-state index contributed by atoms with van der Waals surface area (Å²) in [7, 11) is 0. The molecule has 5 heterocycles. The van der Waals surface area contributed by atoms with Crippen LogP contribution in [0.15, 0.2) is 31.0 Å². The van der Waals surface area contributed by atoms with Gasteiger partial charge in [0.15, 0.2) is 5.65 Å². The Labute approximate surface area is 188 Å². The maximum atomic E-state index is 12.9. The number of nitrogens with two attached hydrogens (primary N) is 1. The second kappa shape index (κ2) is 8.27. The number of amides is 1. The number of hydrogen-bond donors (Lipinski definition) is 2. The van der Waals surface area contributed by atoms with Gasteiger partial charge in [-0.2, -0.15) is 20.0 Å². The number of fused-ring (bicyclic) bond motifs is 1. The lowest BCUT2D eigenvalue weighted by molar-refractivity contribution is 0.0660. The van der Waals surface area contributed by atoms with Crippen molar-refractivity contribution in [3.8, 4) is 17.2 Å². The number of nitriles is 1. The van der Waals surface area contributed by atoms with Crippen molar-refractivity contribution in [3.63, 3.8) is 0 Å². The van der Waals surface area contributed by atoms with E-state index in [-0.39, 0.29) is 29.6 Å². The summed E-state index contributed by atoms with van der Waals surface area (Å²) >= 11 is 0. The van der Waals surface area contributed by atoms with Gasteiger partial charge in [0.2, 0.25) is 11.6 Å². The molecule has 33 heavy (non-hydrogen) atoms. The van der Waals surface area contributed by atoms with E-state index in [1.165, 1.54) is 6.33 Å². The Morgan fingerprint density at radius 2 is 2.09 bits per heavy atom. The Bertz CT molecular complexity index is 1340. The first-order valence-electron chi connectivity index (χ1n) is 10.6. The zero-order chi connectivity index (χ0) is 22.9. The number of likely N-dealkylation sites (tertiary alicyclic amines) is 1. The standard InChI is InChI=1S/C21H21N11O/c1-12-2-4-15(31(12)21(33)19-26-11-27-30-19)5-3-14-6-17(23)32-20(29-14)16(10-28-32)13-8-24-18(7-22)25-9-13/h6,8-12,15H,2-5,23H2,1H3,(H,26,27,30)/t12-,15-/m1/s1. The van der Waals surface area contributed by atoms with Gasteiger partial charge in [0.05, 0.1) is 6.20 Å². The van der Waals surface area contributed by atoms with Gasteiger partial charge >= 0.3 is 0 Å². The van der Waals surface area contributed by atoms with Crippen molar-refractivity contribution in [1.29, 1.82) is 5.26 Å². The number of aromatic amines is 1. The second-order valence-corrected chi connectivity index (χ2v) is 8.04. The lowest BCUT2D eigenvalue weighted by Gasteiger charge is -2.27. The minimum absolute atomic E-state index is 0.0770. The molecule has 1 aliphatic heterocycles. The third-order valence-corrected chi connectivity index (χ3v) is 5.99. The van der Waals surface area contributed by atoms with Gasteiger partial charge in [-0.25, -0.2) is 19.9 Å². The summed E-state index contributed by atoms with van der Waals surface area (Å²) in [6.07, 6.45) is 9.38. The highest BCUT2D eigenvalue weighted by atomic mass is 16.2. The third kappa shape index (κ3) is 3.73. The summed E-state index contributed by atoms with van der Waals surface area (Å²) in [4.78, 5) is 31.6. The van der Waals surface area contributed by atoms with E-state index in [2.05, 4.69) is 37.2 Å². The number of aromatic nitrogens is 8. The van der Waals surface area contributed by atoms with Crippen molar-refractivity contribution < 1.29 is 4.79 Å². The fourth-order valence-electron chi connectivity index (χ4n) is 4.36. The molecular formula is C21H21N11O. The van der Waals surface area contributed by atoms with Gasteiger partial charge in [-0.3, -0.25) is 9.89 Å². The van der Waals surface area contributed by atoms with Crippen LogP contribution in [0, 0.1) is 11.3 Å². The predicted octanol–water partition coefficient (Wildman–Crippen LogP) is 1.38. The minimum Gasteiger partial charge on any atom is -0.384 e. The third-order valence-electron chi connectivity index (χ3n) is 5.99. The number of anilines is 1. The SMILES string of the molecule is C[C@@H]1CC[C@H](CCc2cc(N)n3ncc(-c4cnc(C#N)nc4)c3n2)N1C(=O)c1ncn[nH]1. The molecule has 1 saturated heterocycles. The topological polar surface area (TPSA) is 168 Å². The Balaban J connectivity index is 1.39. The highest BCUT2D eigenvalue weighted by Crippen LogP contribution is 2.29. The molecule has 3 N–H and O–H groups in total. The zero-order valence-corrected chi connectivity index (χ0v) is 17.9. The summed E-state index contributed by atoms with van der Waals surface area (Å²) in [6, 6.07) is 3.92. The number of hydrogen-bond acceptors (Lipinski definition) is 9. The summed E-state index contributed by atoms with van der Waals surface area (Å²) < 4.78 is 1.56. The van der Waals surface area contributed by atoms with Crippen LogP contribution in [0.4, 0.5) is 5.82 Å². The molecule has 0 saturated carbocycles. The van der Waals surface area contributed by atoms with Crippen molar-refractivity contribution in [1.82, 2.24) is 44.6 Å². The number of aryl methyl sites for hydroxylation is 1. The molecule has 12 nitrogen and oxygen atoms in total. The monoisotopic (exact) mass is 443 g/mol. The van der Waals surface area contributed by atoms with Crippen LogP contribution in [0.5, 0.6) is 0 Å². The van der Waals surface area contributed by atoms with Crippen molar-refractivity contribution in [2.45, 2.75) is 44.7 Å². The zero-order valence-electron chi connectivity index (χ0n) is 17.9. The van der Waals surface area contributed by atoms with Crippen LogP contribution in [-0.2, 0) is 6.42 Å². The van der Waals surface area contributed by atoms with Crippen molar-refractivity contribution in [3.05, 3.63) is 48.3 Å². The van der Waals surface area contributed by atoms with Crippen LogP contribution in [-0.4, -0.2) is 62.6 Å². The number of nitrogen functional groups attached to an aromatic ring is 1. The molecule has 0 bridgehead atoms. The van der Waals surface area contributed by atoms with Crippen LogP contribution >= 0.6 is 0 Å². The van der Waals surface area contributed by atoms with E-state index >= 15 is 0 Å². The fraction of sp³-hybridized carbons (Fsp3) is 0.333. The first-order chi connectivity index (χ1) is 16.0. The van der Waals surface area contributed by atoms with Crippen LogP contribution in [0.1, 0.15) is 48.3 Å². The maximum Gasteiger partial charge on any atom is 0.291 e. The maximum absolute atomic E-state index is 12.9. The lowest BCUT2D eigenvalue weighted by Crippen LogP contribution is -2.40. The minimum atomic E-state index is -0.135. The Hall–Kier alpha value is -4.40. The average Bonchev–Trinajstić information content (AvgIpc) is 3.58. The van der Waals surface area contributed by atoms with Gasteiger partial charge in [-0.15, -0.1) is 0 Å². The number of carbonyl (C=O) groups is 1. The van der Waals surface area contributed by atoms with E-state index < -0.39 is 0 Å². The van der Waals surface area contributed by atoms with Crippen molar-refractivity contribution in [2.24, 2.45) is 0 Å². The molecule has 12 heteroatoms. The van der Waals surface area contributed by atoms with Crippen LogP contribution < -0.4 is 5.73 Å². The Kier molecular flexibility index (Phi) is 5.14. The molecule has 0 spiro atoms. The van der Waals surface area contributed by atoms with E-state index in [0.29, 0.717) is 23.4 Å². The Morgan fingerprint density at radius 1 is 1.27 bits per heavy atom. The van der Waals surface area contributed by atoms with Gasteiger partial charge in [0.1, 0.15) is 18.2 Å². The van der Waals surface area contributed by atoms with Crippen LogP contribution in [0.2, 0.25) is 0 Å². The summed E-state index contributed by atoms with van der Waals surface area (Å²) in [5, 5.41) is 19.7. The molecule has 0 aromatic carbocycles. The predicted molar refractivity (Wildman–Crippen MR) is 116 cm³/mol. The van der Waals surface area contributed by atoms with E-state index in [4.69, 9.17) is 16.0 Å². The summed E-state index contributed by atoms with van der Waals surface area (Å²) in [6.45, 7) is 2.05. The molecular weight excluding hydrogens is 422 g/mol. The van der Waals surface area contributed by atoms with E-state index in [1.807, 2.05) is 11.0 Å². The second-order valence-electron chi connectivity index (χ2n) is 8.04. The van der Waals surface area contributed by atoms with Gasteiger partial charge in [0.25, 0.3) is 5.91 Å². The van der Waals surface area contributed by atoms with Crippen LogP contribution in [0.25, 0.3) is 16.8 Å². The van der Waals surface area contributed by atoms with Gasteiger partial charge in [0, 0.05) is 47.4 Å². The molecule has 4 aromatic rings. The molecule has 0 radical (unpaired) electrons. The van der Waals surface area contributed by atoms with Crippen LogP contribution in [0.3, 0.4) is 0 Å². The van der Waals surface area contributed by atoms with E-state index in [1.54, 1.807) is 29.2 Å². The van der Waals surface area contributed by atoms with Crippen molar-refractivity contribution >= 4 is 17.4 Å². The highest BCUT2D eigenvalue weighted by Gasteiger charge is 2.35. The number of rotatable bonds is 5. The molecule has 0 aliphatic carbocycles. The fourth-order valence-corrected chi connectivity index (χ4v) is 4.36. The lowest BCUT2D eigenvalue weighted by atomic mass is 10.1. The molecule has 1 aliphatic rings. The molecule has 166 valence electrons. The number of carbonyl (C=O) groups excluding carboxylic acids is 1. The normalized spacial score (nSPS) is 18.0. The number of nitrogens with zero attached hydrogens (tertiary/aromatic N) is 9. The molecule has 1 amide bonds. The summed E-state index contributed by atoms with van der Waals surface area (Å²) in [5.41, 5.74) is 9.06. The van der Waals surface area contributed by atoms with E-state index in [0.717, 1.165) is 30.5 Å². The quantitative estimate of drug-likeness (QED) is 0.463. The molecule has 1 fully saturated rings. The molecule has 0 unspecified atom stereocenters.